The Balaban J connectivity index is 1.49. The molecule has 5 atom stereocenters. The van der Waals surface area contributed by atoms with Crippen molar-refractivity contribution in [3.05, 3.63) is 47.7 Å². The molecule has 4 N–H and O–H groups in total. The number of hydrogen-bond donors (Lipinski definition) is 4. The van der Waals surface area contributed by atoms with Gasteiger partial charge in [0.1, 0.15) is 36.3 Å². The van der Waals surface area contributed by atoms with E-state index in [0.29, 0.717) is 5.56 Å². The molecule has 2 aliphatic heterocycles. The molecule has 2 saturated heterocycles. The van der Waals surface area contributed by atoms with Crippen molar-refractivity contribution in [3.8, 4) is 0 Å². The van der Waals surface area contributed by atoms with Crippen molar-refractivity contribution in [3.63, 3.8) is 0 Å². The molecule has 2 aromatic heterocycles. The van der Waals surface area contributed by atoms with Gasteiger partial charge in [-0.05, 0) is 17.7 Å². The molecule has 0 aliphatic carbocycles. The molecule has 2 aliphatic rings. The lowest BCUT2D eigenvalue weighted by atomic mass is 10.0. The number of anilines is 1. The number of aliphatic hydroxyl groups excluding tert-OH is 2. The molecule has 0 spiro atoms. The largest absolute Gasteiger partial charge is 0.388 e. The Morgan fingerprint density at radius 2 is 2.12 bits per heavy atom. The summed E-state index contributed by atoms with van der Waals surface area (Å²) < 4.78 is 33.4. The van der Waals surface area contributed by atoms with Crippen LogP contribution in [-0.4, -0.2) is 85.4 Å². The van der Waals surface area contributed by atoms with E-state index in [-0.39, 0.29) is 48.7 Å². The fourth-order valence-electron chi connectivity index (χ4n) is 4.38. The Labute approximate surface area is 186 Å². The summed E-state index contributed by atoms with van der Waals surface area (Å²) in [6, 6.07) is 4.41. The van der Waals surface area contributed by atoms with E-state index in [1.165, 1.54) is 29.4 Å². The van der Waals surface area contributed by atoms with Crippen LogP contribution in [0.15, 0.2) is 30.6 Å². The minimum atomic E-state index is -1.27. The number of fused-ring (bicyclic) bond motifs is 1. The van der Waals surface area contributed by atoms with Crippen molar-refractivity contribution in [1.29, 1.82) is 0 Å². The molecule has 12 heteroatoms. The van der Waals surface area contributed by atoms with Crippen molar-refractivity contribution in [2.24, 2.45) is 0 Å². The number of aromatic nitrogens is 4. The zero-order chi connectivity index (χ0) is 23.1. The lowest BCUT2D eigenvalue weighted by molar-refractivity contribution is -0.0923. The van der Waals surface area contributed by atoms with Gasteiger partial charge in [0.2, 0.25) is 0 Å². The van der Waals surface area contributed by atoms with Gasteiger partial charge in [0.05, 0.1) is 37.2 Å². The van der Waals surface area contributed by atoms with Crippen LogP contribution in [0.4, 0.5) is 14.6 Å². The molecule has 3 aromatic rings. The molecular formula is C21H22F2N6O4. The molecule has 0 saturated carbocycles. The maximum Gasteiger partial charge on any atom is 0.275 e. The molecule has 0 bridgehead atoms. The smallest absolute Gasteiger partial charge is 0.275 e. The van der Waals surface area contributed by atoms with Crippen LogP contribution in [0.1, 0.15) is 28.5 Å². The number of nitrogens with one attached hydrogen (secondary N) is 2. The number of halogens is 2. The van der Waals surface area contributed by atoms with E-state index < -0.39 is 42.2 Å². The Hall–Kier alpha value is -3.22. The predicted molar refractivity (Wildman–Crippen MR) is 112 cm³/mol. The van der Waals surface area contributed by atoms with E-state index in [2.05, 4.69) is 25.5 Å². The Bertz CT molecular complexity index is 1180. The third-order valence-corrected chi connectivity index (χ3v) is 6.02. The van der Waals surface area contributed by atoms with Crippen LogP contribution in [-0.2, 0) is 4.74 Å². The van der Waals surface area contributed by atoms with Crippen LogP contribution in [0.25, 0.3) is 11.0 Å². The minimum absolute atomic E-state index is 0.00873. The number of rotatable bonds is 4. The van der Waals surface area contributed by atoms with Crippen LogP contribution >= 0.6 is 0 Å². The molecule has 174 valence electrons. The van der Waals surface area contributed by atoms with E-state index in [4.69, 9.17) is 4.74 Å². The van der Waals surface area contributed by atoms with Gasteiger partial charge in [-0.15, -0.1) is 0 Å². The number of nitrogens with zero attached hydrogens (tertiary/aromatic N) is 4. The van der Waals surface area contributed by atoms with Crippen molar-refractivity contribution >= 4 is 22.8 Å². The van der Waals surface area contributed by atoms with Crippen LogP contribution < -0.4 is 5.32 Å². The second-order valence-electron chi connectivity index (χ2n) is 8.23. The zero-order valence-corrected chi connectivity index (χ0v) is 17.4. The van der Waals surface area contributed by atoms with E-state index in [9.17, 15) is 23.8 Å². The zero-order valence-electron chi connectivity index (χ0n) is 17.4. The second kappa shape index (κ2) is 8.61. The van der Waals surface area contributed by atoms with E-state index in [0.717, 1.165) is 0 Å². The molecule has 4 heterocycles. The first kappa shape index (κ1) is 21.6. The third kappa shape index (κ3) is 4.01. The summed E-state index contributed by atoms with van der Waals surface area (Å²) in [6.45, 7) is -0.0385. The summed E-state index contributed by atoms with van der Waals surface area (Å²) in [5, 5.41) is 30.2. The van der Waals surface area contributed by atoms with Gasteiger partial charge in [-0.3, -0.25) is 9.89 Å². The lowest BCUT2D eigenvalue weighted by Crippen LogP contribution is -2.51. The van der Waals surface area contributed by atoms with Gasteiger partial charge in [0, 0.05) is 6.42 Å². The first-order chi connectivity index (χ1) is 15.9. The monoisotopic (exact) mass is 460 g/mol. The highest BCUT2D eigenvalue weighted by Crippen LogP contribution is 2.36. The third-order valence-electron chi connectivity index (χ3n) is 6.02. The Kier molecular flexibility index (Phi) is 5.64. The van der Waals surface area contributed by atoms with E-state index >= 15 is 0 Å². The van der Waals surface area contributed by atoms with Gasteiger partial charge in [0.25, 0.3) is 5.91 Å². The van der Waals surface area contributed by atoms with E-state index in [1.54, 1.807) is 6.07 Å². The maximum atomic E-state index is 14.4. The van der Waals surface area contributed by atoms with Crippen molar-refractivity contribution in [2.75, 3.05) is 25.1 Å². The minimum Gasteiger partial charge on any atom is -0.388 e. The predicted octanol–water partition coefficient (Wildman–Crippen LogP) is 0.950. The van der Waals surface area contributed by atoms with Crippen molar-refractivity contribution in [2.45, 2.75) is 36.9 Å². The van der Waals surface area contributed by atoms with E-state index in [1.807, 2.05) is 0 Å². The molecule has 0 unspecified atom stereocenters. The Morgan fingerprint density at radius 1 is 1.27 bits per heavy atom. The number of amides is 1. The number of aliphatic hydroxyl groups is 2. The normalized spacial score (nSPS) is 27.8. The molecule has 10 nitrogen and oxygen atoms in total. The highest BCUT2D eigenvalue weighted by atomic mass is 19.1. The number of H-pyrrole nitrogens is 1. The summed E-state index contributed by atoms with van der Waals surface area (Å²) in [6.07, 6.45) is -2.15. The standard InChI is InChI=1S/C21H22F2N6O4/c22-11-3-1-2-10(4-11)14-5-12(23)6-29(14)21(32)17-16-19(24-9-25-20(16)28-27-17)26-13-7-33-8-15(30)18(13)31/h1-4,9,12-15,18,30-31H,5-8H2,(H2,24,25,26,27,28)/t12-,13+,14+,15+,18-/m0/s1. The average Bonchev–Trinajstić information content (AvgIpc) is 3.41. The van der Waals surface area contributed by atoms with Gasteiger partial charge >= 0.3 is 0 Å². The van der Waals surface area contributed by atoms with Crippen LogP contribution in [0.5, 0.6) is 0 Å². The number of hydrogen-bond acceptors (Lipinski definition) is 8. The first-order valence-corrected chi connectivity index (χ1v) is 10.5. The van der Waals surface area contributed by atoms with Crippen LogP contribution in [0.3, 0.4) is 0 Å². The van der Waals surface area contributed by atoms with Crippen LogP contribution in [0, 0.1) is 5.82 Å². The fourth-order valence-corrected chi connectivity index (χ4v) is 4.38. The Morgan fingerprint density at radius 3 is 2.94 bits per heavy atom. The summed E-state index contributed by atoms with van der Waals surface area (Å²) in [4.78, 5) is 23.1. The molecule has 33 heavy (non-hydrogen) atoms. The lowest BCUT2D eigenvalue weighted by Gasteiger charge is -2.32. The quantitative estimate of drug-likeness (QED) is 0.452. The highest BCUT2D eigenvalue weighted by molar-refractivity contribution is 6.07. The fraction of sp³-hybridized carbons (Fsp3) is 0.429. The van der Waals surface area contributed by atoms with Gasteiger partial charge < -0.3 is 25.2 Å². The number of aromatic amines is 1. The summed E-state index contributed by atoms with van der Waals surface area (Å²) in [5.41, 5.74) is 0.727. The van der Waals surface area contributed by atoms with Gasteiger partial charge in [-0.25, -0.2) is 18.7 Å². The number of ether oxygens (including phenoxy) is 1. The number of alkyl halides is 1. The SMILES string of the molecule is O=C(c1n[nH]c2ncnc(N[C@@H]3COC[C@@H](O)[C@H]3O)c12)N1C[C@@H](F)C[C@@H]1c1cccc(F)c1. The number of carbonyl (C=O) groups excluding carboxylic acids is 1. The van der Waals surface area contributed by atoms with Crippen molar-refractivity contribution < 1.29 is 28.5 Å². The summed E-state index contributed by atoms with van der Waals surface area (Å²) in [7, 11) is 0. The van der Waals surface area contributed by atoms with Gasteiger partial charge in [-0.2, -0.15) is 5.10 Å². The van der Waals surface area contributed by atoms with Gasteiger partial charge in [0.15, 0.2) is 11.3 Å². The molecular weight excluding hydrogens is 438 g/mol. The second-order valence-corrected chi connectivity index (χ2v) is 8.23. The molecule has 2 fully saturated rings. The summed E-state index contributed by atoms with van der Waals surface area (Å²) in [5.74, 6) is -0.825. The highest BCUT2D eigenvalue weighted by Gasteiger charge is 2.39. The molecule has 0 radical (unpaired) electrons. The molecule has 5 rings (SSSR count). The van der Waals surface area contributed by atoms with Crippen LogP contribution in [0.2, 0.25) is 0 Å². The summed E-state index contributed by atoms with van der Waals surface area (Å²) >= 11 is 0. The molecule has 1 amide bonds. The van der Waals surface area contributed by atoms with Crippen molar-refractivity contribution in [1.82, 2.24) is 25.1 Å². The first-order valence-electron chi connectivity index (χ1n) is 10.5. The van der Waals surface area contributed by atoms with Gasteiger partial charge in [-0.1, -0.05) is 12.1 Å². The average molecular weight is 460 g/mol. The number of benzene rings is 1. The number of carbonyl (C=O) groups is 1. The molecule has 1 aromatic carbocycles. The topological polar surface area (TPSA) is 136 Å². The number of likely N-dealkylation sites (tertiary alicyclic amines) is 1. The maximum absolute atomic E-state index is 14.4.